The Labute approximate surface area is 145 Å². The molecular formula is C16H16ClN3O2S. The predicted octanol–water partition coefficient (Wildman–Crippen LogP) is 3.68. The van der Waals surface area contributed by atoms with Crippen LogP contribution in [-0.2, 0) is 0 Å². The molecule has 2 rings (SSSR count). The predicted molar refractivity (Wildman–Crippen MR) is 97.9 cm³/mol. The molecule has 0 fully saturated rings. The van der Waals surface area contributed by atoms with Crippen molar-refractivity contribution >= 4 is 40.8 Å². The summed E-state index contributed by atoms with van der Waals surface area (Å²) >= 11 is 11.2. The summed E-state index contributed by atoms with van der Waals surface area (Å²) in [5.74, 6) is 1.26. The molecule has 0 spiro atoms. The van der Waals surface area contributed by atoms with Crippen molar-refractivity contribution in [1.82, 2.24) is 5.43 Å². The number of nitrogens with zero attached hydrogens (tertiary/aromatic N) is 1. The third kappa shape index (κ3) is 4.84. The van der Waals surface area contributed by atoms with Gasteiger partial charge in [-0.3, -0.25) is 5.43 Å². The summed E-state index contributed by atoms with van der Waals surface area (Å²) in [5.41, 5.74) is 4.29. The number of halogens is 1. The minimum absolute atomic E-state index is 0.348. The highest BCUT2D eigenvalue weighted by Crippen LogP contribution is 2.29. The summed E-state index contributed by atoms with van der Waals surface area (Å²) in [5, 5.41) is 8.03. The molecule has 0 aliphatic carbocycles. The Morgan fingerprint density at radius 1 is 1.13 bits per heavy atom. The molecule has 7 heteroatoms. The van der Waals surface area contributed by atoms with Gasteiger partial charge in [-0.1, -0.05) is 29.8 Å². The van der Waals surface area contributed by atoms with Gasteiger partial charge in [0.05, 0.1) is 20.4 Å². The summed E-state index contributed by atoms with van der Waals surface area (Å²) in [6.07, 6.45) is 1.60. The highest BCUT2D eigenvalue weighted by atomic mass is 35.5. The molecular weight excluding hydrogens is 334 g/mol. The molecule has 23 heavy (non-hydrogen) atoms. The van der Waals surface area contributed by atoms with E-state index in [-0.39, 0.29) is 0 Å². The Morgan fingerprint density at radius 2 is 1.87 bits per heavy atom. The van der Waals surface area contributed by atoms with Crippen molar-refractivity contribution < 1.29 is 9.47 Å². The van der Waals surface area contributed by atoms with Gasteiger partial charge in [-0.25, -0.2) is 0 Å². The van der Waals surface area contributed by atoms with Gasteiger partial charge < -0.3 is 14.8 Å². The standard InChI is InChI=1S/C16H16ClN3O2S/c1-21-14-8-7-12(9-15(14)22-2)19-16(23)20-18-10-11-5-3-4-6-13(11)17/h3-10H,1-2H3,(H2,19,20,23)/b18-10-. The van der Waals surface area contributed by atoms with Crippen molar-refractivity contribution in [1.29, 1.82) is 0 Å². The van der Waals surface area contributed by atoms with Crippen LogP contribution in [0.3, 0.4) is 0 Å². The van der Waals surface area contributed by atoms with Gasteiger partial charge in [-0.05, 0) is 30.4 Å². The van der Waals surface area contributed by atoms with E-state index < -0.39 is 0 Å². The molecule has 0 heterocycles. The van der Waals surface area contributed by atoms with Crippen molar-refractivity contribution in [3.8, 4) is 11.5 Å². The number of thiocarbonyl (C=S) groups is 1. The van der Waals surface area contributed by atoms with Gasteiger partial charge >= 0.3 is 0 Å². The number of hydrogen-bond donors (Lipinski definition) is 2. The fourth-order valence-corrected chi connectivity index (χ4v) is 2.17. The number of methoxy groups -OCH3 is 2. The maximum absolute atomic E-state index is 6.04. The van der Waals surface area contributed by atoms with Crippen LogP contribution < -0.4 is 20.2 Å². The number of rotatable bonds is 5. The van der Waals surface area contributed by atoms with E-state index in [4.69, 9.17) is 33.3 Å². The largest absolute Gasteiger partial charge is 0.493 e. The minimum Gasteiger partial charge on any atom is -0.493 e. The van der Waals surface area contributed by atoms with Crippen LogP contribution in [0.2, 0.25) is 5.02 Å². The molecule has 0 aliphatic rings. The molecule has 0 radical (unpaired) electrons. The summed E-state index contributed by atoms with van der Waals surface area (Å²) in [4.78, 5) is 0. The number of ether oxygens (including phenoxy) is 2. The second kappa shape index (κ2) is 8.36. The lowest BCUT2D eigenvalue weighted by Crippen LogP contribution is -2.23. The summed E-state index contributed by atoms with van der Waals surface area (Å²) in [7, 11) is 3.16. The van der Waals surface area contributed by atoms with E-state index in [1.807, 2.05) is 24.3 Å². The zero-order valence-corrected chi connectivity index (χ0v) is 14.2. The highest BCUT2D eigenvalue weighted by molar-refractivity contribution is 7.80. The average molecular weight is 350 g/mol. The molecule has 2 aromatic carbocycles. The van der Waals surface area contributed by atoms with Crippen molar-refractivity contribution in [3.63, 3.8) is 0 Å². The zero-order valence-electron chi connectivity index (χ0n) is 12.7. The molecule has 0 saturated heterocycles. The van der Waals surface area contributed by atoms with Gasteiger partial charge in [-0.2, -0.15) is 5.10 Å². The Bertz CT molecular complexity index is 722. The molecule has 0 aromatic heterocycles. The van der Waals surface area contributed by atoms with E-state index in [1.54, 1.807) is 38.6 Å². The Hall–Kier alpha value is -2.31. The van der Waals surface area contributed by atoms with Gasteiger partial charge in [0.2, 0.25) is 0 Å². The van der Waals surface area contributed by atoms with Gasteiger partial charge in [0.25, 0.3) is 0 Å². The zero-order chi connectivity index (χ0) is 16.7. The molecule has 2 aromatic rings. The van der Waals surface area contributed by atoms with E-state index >= 15 is 0 Å². The molecule has 0 amide bonds. The SMILES string of the molecule is COc1ccc(NC(=S)N/N=C\c2ccccc2Cl)cc1OC. The van der Waals surface area contributed by atoms with Gasteiger partial charge in [0, 0.05) is 22.3 Å². The lowest BCUT2D eigenvalue weighted by Gasteiger charge is -2.11. The molecule has 0 saturated carbocycles. The van der Waals surface area contributed by atoms with Crippen LogP contribution in [0.4, 0.5) is 5.69 Å². The van der Waals surface area contributed by atoms with Crippen LogP contribution in [0.15, 0.2) is 47.6 Å². The first-order chi connectivity index (χ1) is 11.1. The second-order valence-electron chi connectivity index (χ2n) is 4.42. The summed E-state index contributed by atoms with van der Waals surface area (Å²) in [6.45, 7) is 0. The van der Waals surface area contributed by atoms with Crippen LogP contribution in [0, 0.1) is 0 Å². The van der Waals surface area contributed by atoms with Gasteiger partial charge in [0.1, 0.15) is 0 Å². The number of benzene rings is 2. The fraction of sp³-hybridized carbons (Fsp3) is 0.125. The highest BCUT2D eigenvalue weighted by Gasteiger charge is 2.05. The summed E-state index contributed by atoms with van der Waals surface area (Å²) < 4.78 is 10.4. The molecule has 0 unspecified atom stereocenters. The third-order valence-electron chi connectivity index (χ3n) is 2.92. The molecule has 120 valence electrons. The molecule has 0 atom stereocenters. The summed E-state index contributed by atoms with van der Waals surface area (Å²) in [6, 6.07) is 12.8. The average Bonchev–Trinajstić information content (AvgIpc) is 2.56. The number of nitrogens with one attached hydrogen (secondary N) is 2. The topological polar surface area (TPSA) is 54.9 Å². The smallest absolute Gasteiger partial charge is 0.191 e. The van der Waals surface area contributed by atoms with Crippen molar-refractivity contribution in [2.24, 2.45) is 5.10 Å². The second-order valence-corrected chi connectivity index (χ2v) is 5.23. The molecule has 2 N–H and O–H groups in total. The monoisotopic (exact) mass is 349 g/mol. The Kier molecular flexibility index (Phi) is 6.19. The fourth-order valence-electron chi connectivity index (χ4n) is 1.81. The Morgan fingerprint density at radius 3 is 2.57 bits per heavy atom. The third-order valence-corrected chi connectivity index (χ3v) is 3.45. The number of anilines is 1. The Balaban J connectivity index is 1.96. The van der Waals surface area contributed by atoms with Gasteiger partial charge in [0.15, 0.2) is 16.6 Å². The maximum Gasteiger partial charge on any atom is 0.191 e. The molecule has 5 nitrogen and oxygen atoms in total. The van der Waals surface area contributed by atoms with Crippen LogP contribution >= 0.6 is 23.8 Å². The van der Waals surface area contributed by atoms with Crippen LogP contribution in [0.25, 0.3) is 0 Å². The normalized spacial score (nSPS) is 10.4. The maximum atomic E-state index is 6.04. The first-order valence-electron chi connectivity index (χ1n) is 6.70. The van der Waals surface area contributed by atoms with Crippen molar-refractivity contribution in [3.05, 3.63) is 53.1 Å². The molecule has 0 bridgehead atoms. The van der Waals surface area contributed by atoms with Gasteiger partial charge in [-0.15, -0.1) is 0 Å². The van der Waals surface area contributed by atoms with E-state index in [0.717, 1.165) is 11.3 Å². The van der Waals surface area contributed by atoms with E-state index in [1.165, 1.54) is 0 Å². The van der Waals surface area contributed by atoms with Crippen molar-refractivity contribution in [2.75, 3.05) is 19.5 Å². The lowest BCUT2D eigenvalue weighted by molar-refractivity contribution is 0.355. The number of hydrogen-bond acceptors (Lipinski definition) is 4. The first-order valence-corrected chi connectivity index (χ1v) is 7.49. The number of hydrazone groups is 1. The molecule has 0 aliphatic heterocycles. The lowest BCUT2D eigenvalue weighted by atomic mass is 10.2. The van der Waals surface area contributed by atoms with E-state index in [2.05, 4.69) is 15.8 Å². The quantitative estimate of drug-likeness (QED) is 0.490. The van der Waals surface area contributed by atoms with Crippen LogP contribution in [-0.4, -0.2) is 25.5 Å². The van der Waals surface area contributed by atoms with Crippen LogP contribution in [0.1, 0.15) is 5.56 Å². The van der Waals surface area contributed by atoms with E-state index in [0.29, 0.717) is 21.6 Å². The minimum atomic E-state index is 0.348. The first kappa shape index (κ1) is 17.1. The van der Waals surface area contributed by atoms with Crippen LogP contribution in [0.5, 0.6) is 11.5 Å². The van der Waals surface area contributed by atoms with E-state index in [9.17, 15) is 0 Å². The van der Waals surface area contributed by atoms with Crippen molar-refractivity contribution in [2.45, 2.75) is 0 Å².